The molecule has 12 heteroatoms. The third-order valence-electron chi connectivity index (χ3n) is 4.50. The highest BCUT2D eigenvalue weighted by atomic mass is 32.1. The second-order valence-corrected chi connectivity index (χ2v) is 7.39. The highest BCUT2D eigenvalue weighted by molar-refractivity contribution is 7.82. The van der Waals surface area contributed by atoms with E-state index in [1.807, 2.05) is 0 Å². The van der Waals surface area contributed by atoms with E-state index in [0.717, 1.165) is 4.31 Å². The van der Waals surface area contributed by atoms with Gasteiger partial charge in [0.1, 0.15) is 17.3 Å². The van der Waals surface area contributed by atoms with E-state index in [-0.39, 0.29) is 22.7 Å². The minimum atomic E-state index is -4.50. The monoisotopic (exact) mass is 509 g/mol. The molecule has 0 unspecified atom stereocenters. The quantitative estimate of drug-likeness (QED) is 0.273. The lowest BCUT2D eigenvalue weighted by atomic mass is 10.2. The summed E-state index contributed by atoms with van der Waals surface area (Å²) in [5.41, 5.74) is 0.749. The van der Waals surface area contributed by atoms with Crippen LogP contribution < -0.4 is 24.4 Å². The van der Waals surface area contributed by atoms with Gasteiger partial charge in [-0.05, 0) is 48.5 Å². The van der Waals surface area contributed by atoms with Crippen LogP contribution in [0.4, 0.5) is 39.4 Å². The van der Waals surface area contributed by atoms with Crippen LogP contribution in [0.1, 0.15) is 10.4 Å². The van der Waals surface area contributed by atoms with Crippen LogP contribution in [-0.4, -0.2) is 31.8 Å². The fourth-order valence-corrected chi connectivity index (χ4v) is 3.03. The molecule has 2 N–H and O–H groups in total. The molecule has 0 saturated heterocycles. The minimum Gasteiger partial charge on any atom is -0.494 e. The number of alkyl halides is 3. The topological polar surface area (TPSA) is 79.9 Å². The number of anilines is 3. The number of nitrogens with zero attached hydrogens (tertiary/aromatic N) is 1. The van der Waals surface area contributed by atoms with Crippen molar-refractivity contribution in [2.24, 2.45) is 0 Å². The van der Waals surface area contributed by atoms with E-state index in [1.54, 1.807) is 0 Å². The number of carbonyl (C=O) groups excluding carboxylic acids is 2. The van der Waals surface area contributed by atoms with Crippen LogP contribution in [0, 0.1) is 5.82 Å². The first kappa shape index (κ1) is 25.7. The van der Waals surface area contributed by atoms with Crippen molar-refractivity contribution in [2.45, 2.75) is 6.18 Å². The van der Waals surface area contributed by atoms with Gasteiger partial charge in [0, 0.05) is 11.8 Å². The number of halogens is 4. The standard InChI is InChI=1S/C23H19F4N3O4S/c1-33-20-12-16(34-13-23(25,26)27)10-11-19(20)29-22(32)30(35)15-8-6-14(7-9-15)28-21(31)17-4-2-3-5-18(17)24/h2-12,35H,13H2,1H3,(H,28,31)(H,29,32). The first-order valence-electron chi connectivity index (χ1n) is 9.91. The molecule has 0 atom stereocenters. The van der Waals surface area contributed by atoms with E-state index in [4.69, 9.17) is 4.74 Å². The minimum absolute atomic E-state index is 0.0750. The summed E-state index contributed by atoms with van der Waals surface area (Å²) in [6.07, 6.45) is -4.50. The van der Waals surface area contributed by atoms with Crippen LogP contribution in [0.2, 0.25) is 0 Å². The second-order valence-electron chi connectivity index (χ2n) is 6.99. The van der Waals surface area contributed by atoms with Gasteiger partial charge >= 0.3 is 12.2 Å². The molecule has 3 aromatic rings. The molecule has 0 heterocycles. The molecule has 0 aromatic heterocycles. The first-order chi connectivity index (χ1) is 16.6. The number of hydrogen-bond acceptors (Lipinski definition) is 5. The SMILES string of the molecule is COc1cc(OCC(F)(F)F)ccc1NC(=O)N(S)c1ccc(NC(=O)c2ccccc2F)cc1. The number of rotatable bonds is 7. The second kappa shape index (κ2) is 11.0. The van der Waals surface area contributed by atoms with Crippen LogP contribution in [0.3, 0.4) is 0 Å². The fraction of sp³-hybridized carbons (Fsp3) is 0.130. The van der Waals surface area contributed by atoms with Gasteiger partial charge in [-0.15, -0.1) is 0 Å². The van der Waals surface area contributed by atoms with Gasteiger partial charge in [0.2, 0.25) is 0 Å². The zero-order chi connectivity index (χ0) is 25.6. The molecule has 0 radical (unpaired) electrons. The number of carbonyl (C=O) groups is 2. The molecule has 0 bridgehead atoms. The Morgan fingerprint density at radius 2 is 1.69 bits per heavy atom. The highest BCUT2D eigenvalue weighted by Crippen LogP contribution is 2.31. The van der Waals surface area contributed by atoms with Crippen molar-refractivity contribution >= 4 is 41.8 Å². The number of methoxy groups -OCH3 is 1. The van der Waals surface area contributed by atoms with Gasteiger partial charge in [0.25, 0.3) is 5.91 Å². The van der Waals surface area contributed by atoms with Crippen LogP contribution in [-0.2, 0) is 0 Å². The lowest BCUT2D eigenvalue weighted by Crippen LogP contribution is -2.27. The number of urea groups is 1. The maximum absolute atomic E-state index is 13.8. The molecule has 184 valence electrons. The van der Waals surface area contributed by atoms with Crippen LogP contribution in [0.15, 0.2) is 66.7 Å². The van der Waals surface area contributed by atoms with Gasteiger partial charge in [-0.1, -0.05) is 24.9 Å². The zero-order valence-corrected chi connectivity index (χ0v) is 19.0. The van der Waals surface area contributed by atoms with E-state index in [9.17, 15) is 27.2 Å². The molecule has 3 rings (SSSR count). The lowest BCUT2D eigenvalue weighted by Gasteiger charge is -2.19. The molecule has 35 heavy (non-hydrogen) atoms. The predicted molar refractivity (Wildman–Crippen MR) is 126 cm³/mol. The number of hydrogen-bond donors (Lipinski definition) is 3. The maximum Gasteiger partial charge on any atom is 0.422 e. The third-order valence-corrected chi connectivity index (χ3v) is 4.91. The van der Waals surface area contributed by atoms with E-state index in [0.29, 0.717) is 11.4 Å². The van der Waals surface area contributed by atoms with E-state index in [2.05, 4.69) is 28.2 Å². The molecule has 0 aliphatic rings. The summed E-state index contributed by atoms with van der Waals surface area (Å²) in [4.78, 5) is 24.8. The Hall–Kier alpha value is -3.93. The number of benzene rings is 3. The number of nitrogens with one attached hydrogen (secondary N) is 2. The van der Waals surface area contributed by atoms with Crippen LogP contribution in [0.5, 0.6) is 11.5 Å². The first-order valence-corrected chi connectivity index (χ1v) is 10.3. The molecule has 3 amide bonds. The summed E-state index contributed by atoms with van der Waals surface area (Å²) in [6, 6.07) is 14.6. The van der Waals surface area contributed by atoms with Crippen molar-refractivity contribution in [1.82, 2.24) is 0 Å². The van der Waals surface area contributed by atoms with Crippen molar-refractivity contribution in [3.63, 3.8) is 0 Å². The molecular weight excluding hydrogens is 490 g/mol. The van der Waals surface area contributed by atoms with Crippen molar-refractivity contribution in [3.8, 4) is 11.5 Å². The van der Waals surface area contributed by atoms with Gasteiger partial charge in [-0.25, -0.2) is 13.5 Å². The van der Waals surface area contributed by atoms with E-state index >= 15 is 0 Å². The molecule has 0 saturated carbocycles. The van der Waals surface area contributed by atoms with Crippen LogP contribution in [0.25, 0.3) is 0 Å². The lowest BCUT2D eigenvalue weighted by molar-refractivity contribution is -0.153. The van der Waals surface area contributed by atoms with Crippen molar-refractivity contribution in [2.75, 3.05) is 28.7 Å². The molecular formula is C23H19F4N3O4S. The Morgan fingerprint density at radius 1 is 1.00 bits per heavy atom. The molecule has 3 aromatic carbocycles. The maximum atomic E-state index is 13.8. The Bertz CT molecular complexity index is 1210. The molecule has 0 aliphatic carbocycles. The number of amides is 3. The predicted octanol–water partition coefficient (Wildman–Crippen LogP) is 5.91. The van der Waals surface area contributed by atoms with E-state index in [1.165, 1.54) is 73.8 Å². The normalized spacial score (nSPS) is 10.9. The molecule has 0 spiro atoms. The van der Waals surface area contributed by atoms with Crippen molar-refractivity contribution in [1.29, 1.82) is 0 Å². The molecule has 0 aliphatic heterocycles. The van der Waals surface area contributed by atoms with E-state index < -0.39 is 30.5 Å². The smallest absolute Gasteiger partial charge is 0.422 e. The van der Waals surface area contributed by atoms with Gasteiger partial charge in [0.15, 0.2) is 6.61 Å². The van der Waals surface area contributed by atoms with Gasteiger partial charge < -0.3 is 20.1 Å². The summed E-state index contributed by atoms with van der Waals surface area (Å²) in [6.45, 7) is -1.47. The average Bonchev–Trinajstić information content (AvgIpc) is 2.83. The van der Waals surface area contributed by atoms with Crippen molar-refractivity contribution < 1.29 is 36.6 Å². The molecule has 7 nitrogen and oxygen atoms in total. The third kappa shape index (κ3) is 7.03. The highest BCUT2D eigenvalue weighted by Gasteiger charge is 2.28. The summed E-state index contributed by atoms with van der Waals surface area (Å²) >= 11 is 4.16. The largest absolute Gasteiger partial charge is 0.494 e. The Morgan fingerprint density at radius 3 is 2.31 bits per heavy atom. The summed E-state index contributed by atoms with van der Waals surface area (Å²) in [5, 5.41) is 5.08. The Labute approximate surface area is 203 Å². The average molecular weight is 509 g/mol. The zero-order valence-electron chi connectivity index (χ0n) is 18.1. The summed E-state index contributed by atoms with van der Waals surface area (Å²) in [7, 11) is 1.28. The number of ether oxygens (including phenoxy) is 2. The van der Waals surface area contributed by atoms with Gasteiger partial charge in [-0.2, -0.15) is 13.2 Å². The Kier molecular flexibility index (Phi) is 8.07. The summed E-state index contributed by atoms with van der Waals surface area (Å²) < 4.78 is 61.5. The van der Waals surface area contributed by atoms with Gasteiger partial charge in [-0.3, -0.25) is 4.79 Å². The van der Waals surface area contributed by atoms with Crippen molar-refractivity contribution in [3.05, 3.63) is 78.1 Å². The molecule has 0 fully saturated rings. The van der Waals surface area contributed by atoms with Gasteiger partial charge in [0.05, 0.1) is 24.0 Å². The van der Waals surface area contributed by atoms with Crippen LogP contribution >= 0.6 is 12.8 Å². The Balaban J connectivity index is 1.64. The number of thiol groups is 1. The fourth-order valence-electron chi connectivity index (χ4n) is 2.84. The summed E-state index contributed by atoms with van der Waals surface area (Å²) in [5.74, 6) is -1.31.